The second kappa shape index (κ2) is 4.37. The molecule has 0 bridgehead atoms. The van der Waals surface area contributed by atoms with Gasteiger partial charge in [-0.15, -0.1) is 0 Å². The summed E-state index contributed by atoms with van der Waals surface area (Å²) in [6, 6.07) is 1.03. The largest absolute Gasteiger partial charge is 0.466 e. The van der Waals surface area contributed by atoms with E-state index >= 15 is 0 Å². The first kappa shape index (κ1) is 13.5. The van der Waals surface area contributed by atoms with Crippen molar-refractivity contribution in [1.29, 1.82) is 5.26 Å². The number of esters is 1. The molecule has 86 valence electrons. The third kappa shape index (κ3) is 3.00. The van der Waals surface area contributed by atoms with E-state index in [-0.39, 0.29) is 0 Å². The van der Waals surface area contributed by atoms with Crippen LogP contribution in [0.15, 0.2) is 0 Å². The third-order valence-electron chi connectivity index (χ3n) is 1.15. The molecule has 0 amide bonds. The van der Waals surface area contributed by atoms with Crippen molar-refractivity contribution < 1.29 is 35.9 Å². The average Bonchev–Trinajstić information content (AvgIpc) is 2.01. The number of nitriles is 1. The van der Waals surface area contributed by atoms with Crippen molar-refractivity contribution >= 4 is 5.97 Å². The van der Waals surface area contributed by atoms with E-state index in [0.717, 1.165) is 6.07 Å². The number of hydrogen-bond acceptors (Lipinski definition) is 3. The number of ether oxygens (including phenoxy) is 1. The van der Waals surface area contributed by atoms with Crippen molar-refractivity contribution in [2.24, 2.45) is 0 Å². The second-order valence-electron chi connectivity index (χ2n) is 2.25. The van der Waals surface area contributed by atoms with Crippen molar-refractivity contribution in [3.63, 3.8) is 0 Å². The summed E-state index contributed by atoms with van der Waals surface area (Å²) in [7, 11) is 0. The minimum atomic E-state index is -6.06. The van der Waals surface area contributed by atoms with Gasteiger partial charge in [-0.25, -0.2) is 8.78 Å². The zero-order valence-corrected chi connectivity index (χ0v) is 6.82. The molecule has 1 atom stereocenters. The number of hydrogen-bond donors (Lipinski definition) is 0. The van der Waals surface area contributed by atoms with E-state index in [1.807, 2.05) is 0 Å². The fourth-order valence-corrected chi connectivity index (χ4v) is 0.492. The number of carbonyl (C=O) groups excluding carboxylic acids is 1. The number of halogens is 6. The standard InChI is InChI=1S/C6H3F6NO2/c7-4(8)5(9,6(10,11)12)15-3(14)1-2-13/h4H,1H2. The zero-order valence-electron chi connectivity index (χ0n) is 6.82. The molecule has 15 heavy (non-hydrogen) atoms. The van der Waals surface area contributed by atoms with Gasteiger partial charge < -0.3 is 4.74 Å². The first-order chi connectivity index (χ1) is 6.65. The first-order valence-electron chi connectivity index (χ1n) is 3.27. The quantitative estimate of drug-likeness (QED) is 0.554. The molecule has 1 unspecified atom stereocenters. The first-order valence-corrected chi connectivity index (χ1v) is 3.27. The van der Waals surface area contributed by atoms with Gasteiger partial charge in [0.2, 0.25) is 0 Å². The molecule has 0 saturated heterocycles. The molecule has 0 spiro atoms. The van der Waals surface area contributed by atoms with Gasteiger partial charge in [-0.3, -0.25) is 4.79 Å². The number of alkyl halides is 6. The molecule has 0 N–H and O–H groups in total. The molecule has 0 aliphatic carbocycles. The second-order valence-corrected chi connectivity index (χ2v) is 2.25. The van der Waals surface area contributed by atoms with E-state index in [9.17, 15) is 31.1 Å². The van der Waals surface area contributed by atoms with Gasteiger partial charge in [0.05, 0.1) is 6.07 Å². The van der Waals surface area contributed by atoms with Gasteiger partial charge in [-0.05, 0) is 0 Å². The summed E-state index contributed by atoms with van der Waals surface area (Å²) in [6.45, 7) is 0. The van der Waals surface area contributed by atoms with E-state index in [1.54, 1.807) is 0 Å². The van der Waals surface area contributed by atoms with Crippen LogP contribution in [0.1, 0.15) is 6.42 Å². The highest BCUT2D eigenvalue weighted by atomic mass is 19.4. The molecule has 0 saturated carbocycles. The van der Waals surface area contributed by atoms with E-state index in [2.05, 4.69) is 4.74 Å². The van der Waals surface area contributed by atoms with Crippen LogP contribution in [0.2, 0.25) is 0 Å². The highest BCUT2D eigenvalue weighted by molar-refractivity contribution is 5.72. The summed E-state index contributed by atoms with van der Waals surface area (Å²) in [5.41, 5.74) is 0. The van der Waals surface area contributed by atoms with Crippen LogP contribution in [0, 0.1) is 11.3 Å². The molecule has 0 rings (SSSR count). The molecule has 3 nitrogen and oxygen atoms in total. The fourth-order valence-electron chi connectivity index (χ4n) is 0.492. The molecular formula is C6H3F6NO2. The van der Waals surface area contributed by atoms with Crippen LogP contribution in [0.3, 0.4) is 0 Å². The smallest absolute Gasteiger partial charge is 0.414 e. The molecule has 0 aromatic carbocycles. The van der Waals surface area contributed by atoms with E-state index in [1.165, 1.54) is 0 Å². The van der Waals surface area contributed by atoms with Crippen LogP contribution in [0.25, 0.3) is 0 Å². The zero-order chi connectivity index (χ0) is 12.3. The Morgan fingerprint density at radius 1 is 1.33 bits per heavy atom. The lowest BCUT2D eigenvalue weighted by Crippen LogP contribution is -2.50. The molecule has 0 radical (unpaired) electrons. The Morgan fingerprint density at radius 2 is 1.80 bits per heavy atom. The Morgan fingerprint density at radius 3 is 2.07 bits per heavy atom. The summed E-state index contributed by atoms with van der Waals surface area (Å²) in [6.07, 6.45) is -11.9. The molecule has 0 aliphatic heterocycles. The van der Waals surface area contributed by atoms with E-state index in [4.69, 9.17) is 5.26 Å². The minimum Gasteiger partial charge on any atom is -0.414 e. The van der Waals surface area contributed by atoms with Crippen molar-refractivity contribution in [3.8, 4) is 6.07 Å². The molecule has 0 aromatic rings. The predicted molar refractivity (Wildman–Crippen MR) is 32.2 cm³/mol. The SMILES string of the molecule is N#CCC(=O)OC(F)(C(F)F)C(F)(F)F. The minimum absolute atomic E-state index is 1.03. The fraction of sp³-hybridized carbons (Fsp3) is 0.667. The summed E-state index contributed by atoms with van der Waals surface area (Å²) in [5.74, 6) is -7.39. The van der Waals surface area contributed by atoms with E-state index in [0.29, 0.717) is 0 Å². The van der Waals surface area contributed by atoms with Crippen LogP contribution >= 0.6 is 0 Å². The molecule has 0 aliphatic rings. The van der Waals surface area contributed by atoms with Gasteiger partial charge in [0, 0.05) is 0 Å². The molecule has 0 aromatic heterocycles. The summed E-state index contributed by atoms with van der Waals surface area (Å²) < 4.78 is 74.1. The van der Waals surface area contributed by atoms with Crippen LogP contribution in [0.4, 0.5) is 26.3 Å². The summed E-state index contributed by atoms with van der Waals surface area (Å²) >= 11 is 0. The van der Waals surface area contributed by atoms with Crippen LogP contribution in [-0.4, -0.2) is 24.4 Å². The van der Waals surface area contributed by atoms with Gasteiger partial charge >= 0.3 is 24.4 Å². The van der Waals surface area contributed by atoms with Crippen molar-refractivity contribution in [2.45, 2.75) is 24.9 Å². The maximum atomic E-state index is 12.6. The lowest BCUT2D eigenvalue weighted by Gasteiger charge is -2.25. The van der Waals surface area contributed by atoms with Gasteiger partial charge in [-0.1, -0.05) is 0 Å². The molecule has 0 heterocycles. The third-order valence-corrected chi connectivity index (χ3v) is 1.15. The topological polar surface area (TPSA) is 50.1 Å². The summed E-state index contributed by atoms with van der Waals surface area (Å²) in [4.78, 5) is 10.3. The highest BCUT2D eigenvalue weighted by Crippen LogP contribution is 2.40. The molecular weight excluding hydrogens is 232 g/mol. The highest BCUT2D eigenvalue weighted by Gasteiger charge is 2.66. The maximum Gasteiger partial charge on any atom is 0.466 e. The lowest BCUT2D eigenvalue weighted by molar-refractivity contribution is -0.355. The number of nitrogens with zero attached hydrogens (tertiary/aromatic N) is 1. The predicted octanol–water partition coefficient (Wildman–Crippen LogP) is 1.94. The molecule has 9 heteroatoms. The Balaban J connectivity index is 4.85. The Labute approximate surface area is 79.2 Å². The lowest BCUT2D eigenvalue weighted by atomic mass is 10.3. The van der Waals surface area contributed by atoms with Gasteiger partial charge in [-0.2, -0.15) is 22.8 Å². The van der Waals surface area contributed by atoms with Gasteiger partial charge in [0.1, 0.15) is 6.42 Å². The Hall–Kier alpha value is -1.46. The van der Waals surface area contributed by atoms with E-state index < -0.39 is 30.8 Å². The average molecular weight is 235 g/mol. The monoisotopic (exact) mass is 235 g/mol. The van der Waals surface area contributed by atoms with Crippen molar-refractivity contribution in [2.75, 3.05) is 0 Å². The number of carbonyl (C=O) groups is 1. The Bertz CT molecular complexity index is 282. The maximum absolute atomic E-state index is 12.6. The van der Waals surface area contributed by atoms with Gasteiger partial charge in [0.15, 0.2) is 0 Å². The summed E-state index contributed by atoms with van der Waals surface area (Å²) in [5, 5.41) is 7.83. The normalized spacial score (nSPS) is 15.6. The molecule has 0 fully saturated rings. The van der Waals surface area contributed by atoms with Gasteiger partial charge in [0.25, 0.3) is 0 Å². The van der Waals surface area contributed by atoms with Crippen LogP contribution in [-0.2, 0) is 9.53 Å². The van der Waals surface area contributed by atoms with Crippen LogP contribution < -0.4 is 0 Å². The number of rotatable bonds is 3. The van der Waals surface area contributed by atoms with Crippen molar-refractivity contribution in [1.82, 2.24) is 0 Å². The van der Waals surface area contributed by atoms with Crippen LogP contribution in [0.5, 0.6) is 0 Å². The van der Waals surface area contributed by atoms with Crippen molar-refractivity contribution in [3.05, 3.63) is 0 Å². The Kier molecular flexibility index (Phi) is 3.95.